The van der Waals surface area contributed by atoms with Gasteiger partial charge < -0.3 is 36.7 Å². The van der Waals surface area contributed by atoms with E-state index >= 15 is 0 Å². The van der Waals surface area contributed by atoms with Gasteiger partial charge in [0.05, 0.1) is 13.2 Å². The predicted molar refractivity (Wildman–Crippen MR) is 341 cm³/mol. The molecule has 7 N–H and O–H groups in total. The van der Waals surface area contributed by atoms with Crippen molar-refractivity contribution in [3.05, 3.63) is 176 Å². The van der Waals surface area contributed by atoms with E-state index in [2.05, 4.69) is 142 Å². The zero-order chi connectivity index (χ0) is 60.2. The second-order valence-corrected chi connectivity index (χ2v) is 23.7. The molecule has 0 aromatic heterocycles. The lowest BCUT2D eigenvalue weighted by molar-refractivity contribution is -0.131. The Morgan fingerprint density at radius 2 is 0.825 bits per heavy atom. The fourth-order valence-electron chi connectivity index (χ4n) is 9.86. The third-order valence-corrected chi connectivity index (χ3v) is 14.5. The van der Waals surface area contributed by atoms with Crippen LogP contribution in [0.25, 0.3) is 0 Å². The number of ether oxygens (including phenoxy) is 2. The highest BCUT2D eigenvalue weighted by Gasteiger charge is 2.28. The Kier molecular flexibility index (Phi) is 35.9. The third-order valence-electron chi connectivity index (χ3n) is 14.5. The number of amides is 2. The minimum Gasteiger partial charge on any atom is -0.478 e. The molecule has 444 valence electrons. The van der Waals surface area contributed by atoms with Crippen LogP contribution in [0.4, 0.5) is 0 Å². The number of carbonyl (C=O) groups is 3. The molecule has 0 aromatic carbocycles. The van der Waals surface area contributed by atoms with E-state index in [0.29, 0.717) is 52.4 Å². The van der Waals surface area contributed by atoms with Gasteiger partial charge in [0, 0.05) is 51.1 Å². The molecule has 0 aliphatic heterocycles. The Labute approximate surface area is 486 Å². The van der Waals surface area contributed by atoms with Crippen LogP contribution in [0.2, 0.25) is 0 Å². The molecule has 0 spiro atoms. The molecule has 10 heteroatoms. The summed E-state index contributed by atoms with van der Waals surface area (Å²) in [6, 6.07) is 0. The molecule has 0 saturated heterocycles. The minimum atomic E-state index is -0.912. The number of allylic oxidation sites excluding steroid dienone is 27. The van der Waals surface area contributed by atoms with Crippen LogP contribution in [0.5, 0.6) is 0 Å². The highest BCUT2D eigenvalue weighted by molar-refractivity contribution is 5.89. The number of nitrogens with one attached hydrogen (secondary N) is 2. The summed E-state index contributed by atoms with van der Waals surface area (Å²) >= 11 is 0. The summed E-state index contributed by atoms with van der Waals surface area (Å²) in [6.07, 6.45) is 48.2. The summed E-state index contributed by atoms with van der Waals surface area (Å²) in [5, 5.41) is 14.4. The van der Waals surface area contributed by atoms with Crippen LogP contribution in [0.15, 0.2) is 176 Å². The van der Waals surface area contributed by atoms with E-state index in [9.17, 15) is 14.4 Å². The smallest absolute Gasteiger partial charge is 0.328 e. The maximum atomic E-state index is 12.3. The molecule has 3 rings (SSSR count). The van der Waals surface area contributed by atoms with Crippen molar-refractivity contribution >= 4 is 17.8 Å². The quantitative estimate of drug-likeness (QED) is 0.0308. The van der Waals surface area contributed by atoms with E-state index in [0.717, 1.165) is 35.3 Å². The summed E-state index contributed by atoms with van der Waals surface area (Å²) in [4.78, 5) is 35.1. The first-order valence-electron chi connectivity index (χ1n) is 29.3. The van der Waals surface area contributed by atoms with E-state index < -0.39 is 5.97 Å². The molecule has 0 unspecified atom stereocenters. The number of carboxylic acids is 1. The van der Waals surface area contributed by atoms with Crippen LogP contribution < -0.4 is 22.1 Å². The number of hydrogen-bond donors (Lipinski definition) is 5. The predicted octanol–water partition coefficient (Wildman–Crippen LogP) is 15.6. The fourth-order valence-corrected chi connectivity index (χ4v) is 9.86. The van der Waals surface area contributed by atoms with Crippen LogP contribution in [0.1, 0.15) is 174 Å². The van der Waals surface area contributed by atoms with E-state index in [1.165, 1.54) is 108 Å². The van der Waals surface area contributed by atoms with Gasteiger partial charge in [-0.25, -0.2) is 4.79 Å². The lowest BCUT2D eigenvalue weighted by Gasteiger charge is -2.33. The second kappa shape index (κ2) is 39.7. The number of hydrogen-bond acceptors (Lipinski definition) is 7. The summed E-state index contributed by atoms with van der Waals surface area (Å²) < 4.78 is 10.6. The van der Waals surface area contributed by atoms with Crippen LogP contribution in [0.3, 0.4) is 0 Å². The highest BCUT2D eigenvalue weighted by Crippen LogP contribution is 2.43. The normalized spacial score (nSPS) is 18.7. The standard InChI is InChI=1S/C45H66N2O3.C20H28O2.C5H14N2O/c1-34(22-24-40-38(5)20-13-26-44(40,7)8)16-11-18-36(3)32-42(48)46-28-15-30-50-31-29-47-43(49)33-37(4)19-12-17-35(2)23-25-41-39(6)21-14-27-45(41,9)10;1-15(8-6-9-16(2)14-19(21)22)11-12-18-17(3)10-7-13-20(18,4)5;6-2-1-4-8-5-3-7/h11-12,16-19,22-25,32-33H,13-15,20-21,26-31H2,1-10H3,(H,46,48)(H,47,49);6,8-9,11-12,14H,7,10,13H2,1-5H3,(H,21,22);1-7H2/b18-11+,19-12+,24-22+,25-23+,34-16+,35-17+,36-32+,37-33+;9-6+,12-11+,15-8+,16-14+;. The maximum Gasteiger partial charge on any atom is 0.328 e. The number of carbonyl (C=O) groups excluding carboxylic acids is 2. The van der Waals surface area contributed by atoms with Gasteiger partial charge >= 0.3 is 5.97 Å². The summed E-state index contributed by atoms with van der Waals surface area (Å²) in [5.41, 5.74) is 25.9. The molecule has 0 heterocycles. The van der Waals surface area contributed by atoms with Crippen molar-refractivity contribution in [3.63, 3.8) is 0 Å². The lowest BCUT2D eigenvalue weighted by atomic mass is 9.72. The monoisotopic (exact) mass is 1100 g/mol. The molecule has 0 saturated carbocycles. The van der Waals surface area contributed by atoms with Crippen molar-refractivity contribution in [2.24, 2.45) is 27.7 Å². The number of carboxylic acid groups (broad SMARTS) is 1. The zero-order valence-corrected chi connectivity index (χ0v) is 52.5. The Balaban J connectivity index is 0.000000871. The summed E-state index contributed by atoms with van der Waals surface area (Å²) in [6.45, 7) is 37.2. The zero-order valence-electron chi connectivity index (χ0n) is 52.5. The number of aliphatic carboxylic acids is 1. The fraction of sp³-hybridized carbons (Fsp3) is 0.529. The molecule has 0 radical (unpaired) electrons. The first kappa shape index (κ1) is 72.4. The first-order valence-corrected chi connectivity index (χ1v) is 29.3. The molecule has 0 bridgehead atoms. The van der Waals surface area contributed by atoms with Crippen LogP contribution >= 0.6 is 0 Å². The largest absolute Gasteiger partial charge is 0.478 e. The number of rotatable bonds is 27. The van der Waals surface area contributed by atoms with Gasteiger partial charge in [0.1, 0.15) is 0 Å². The van der Waals surface area contributed by atoms with Gasteiger partial charge in [-0.05, 0) is 189 Å². The lowest BCUT2D eigenvalue weighted by Crippen LogP contribution is -2.26. The minimum absolute atomic E-state index is 0.114. The second-order valence-electron chi connectivity index (χ2n) is 23.7. The van der Waals surface area contributed by atoms with E-state index in [4.69, 9.17) is 26.0 Å². The van der Waals surface area contributed by atoms with Crippen molar-refractivity contribution in [2.45, 2.75) is 174 Å². The van der Waals surface area contributed by atoms with Crippen molar-refractivity contribution in [2.75, 3.05) is 52.6 Å². The highest BCUT2D eigenvalue weighted by atomic mass is 16.5. The van der Waals surface area contributed by atoms with Gasteiger partial charge in [-0.1, -0.05) is 166 Å². The average Bonchev–Trinajstić information content (AvgIpc) is 3.35. The molecule has 10 nitrogen and oxygen atoms in total. The molecule has 80 heavy (non-hydrogen) atoms. The van der Waals surface area contributed by atoms with Crippen LogP contribution in [-0.2, 0) is 23.9 Å². The van der Waals surface area contributed by atoms with Crippen molar-refractivity contribution in [3.8, 4) is 0 Å². The molecule has 3 aliphatic rings. The molecular weight excluding hydrogens is 993 g/mol. The van der Waals surface area contributed by atoms with Gasteiger partial charge in [0.25, 0.3) is 0 Å². The Bertz CT molecular complexity index is 2350. The van der Waals surface area contributed by atoms with Gasteiger partial charge in [0.15, 0.2) is 0 Å². The van der Waals surface area contributed by atoms with Crippen LogP contribution in [0, 0.1) is 16.2 Å². The molecular formula is C70H108N4O6. The molecule has 3 aliphatic carbocycles. The third kappa shape index (κ3) is 32.6. The van der Waals surface area contributed by atoms with E-state index in [1.807, 2.05) is 50.3 Å². The number of nitrogens with two attached hydrogens (primary N) is 2. The van der Waals surface area contributed by atoms with E-state index in [-0.39, 0.29) is 28.1 Å². The van der Waals surface area contributed by atoms with Crippen molar-refractivity contribution < 1.29 is 29.0 Å². The Hall–Kier alpha value is -5.65. The Morgan fingerprint density at radius 3 is 1.18 bits per heavy atom. The first-order chi connectivity index (χ1) is 37.7. The van der Waals surface area contributed by atoms with Gasteiger partial charge in [0.2, 0.25) is 11.8 Å². The maximum absolute atomic E-state index is 12.3. The average molecular weight is 1100 g/mol. The van der Waals surface area contributed by atoms with Crippen LogP contribution in [-0.4, -0.2) is 75.5 Å². The molecule has 0 atom stereocenters. The van der Waals surface area contributed by atoms with Crippen molar-refractivity contribution in [1.29, 1.82) is 0 Å². The van der Waals surface area contributed by atoms with Gasteiger partial charge in [-0.15, -0.1) is 0 Å². The SMILES string of the molecule is CC1=C(/C=C/C(C)=C/C=C/C(C)=C/C(=O)NCCCOCCNC(=O)/C=C(C)/C=C/C=C(C)/C=C/C2=C(C)CCCC2(C)C)C(C)(C)CCC1.CC1=C(/C=C/C(C)=C/C=C/C(C)=C/C(=O)O)C(C)(C)CCC1.NCCCOCCN. The van der Waals surface area contributed by atoms with Crippen molar-refractivity contribution in [1.82, 2.24) is 10.6 Å². The molecule has 2 amide bonds. The van der Waals surface area contributed by atoms with E-state index in [1.54, 1.807) is 25.2 Å². The van der Waals surface area contributed by atoms with Gasteiger partial charge in [-0.3, -0.25) is 9.59 Å². The van der Waals surface area contributed by atoms with Gasteiger partial charge in [-0.2, -0.15) is 0 Å². The molecule has 0 fully saturated rings. The molecule has 0 aromatic rings. The topological polar surface area (TPSA) is 166 Å². The summed E-state index contributed by atoms with van der Waals surface area (Å²) in [7, 11) is 0. The summed E-state index contributed by atoms with van der Waals surface area (Å²) in [5.74, 6) is -1.17. The Morgan fingerprint density at radius 1 is 0.475 bits per heavy atom.